The topological polar surface area (TPSA) is 71.3 Å². The number of rotatable bonds is 7. The second kappa shape index (κ2) is 8.26. The van der Waals surface area contributed by atoms with Gasteiger partial charge in [-0.15, -0.1) is 0 Å². The molecule has 0 unspecified atom stereocenters. The molecule has 3 rings (SSSR count). The van der Waals surface area contributed by atoms with Gasteiger partial charge in [0.05, 0.1) is 11.8 Å². The average molecular weight is 412 g/mol. The lowest BCUT2D eigenvalue weighted by atomic mass is 9.87. The summed E-state index contributed by atoms with van der Waals surface area (Å²) in [6.07, 6.45) is -1.39. The first-order chi connectivity index (χ1) is 13.7. The molecule has 29 heavy (non-hydrogen) atoms. The standard InChI is InChI=1S/C20H20F4N2O3/c21-16-4-3-14(20(22,23)24)10-13(16)12-25-17(27)5-7-19(8-6-18(28)26-19)11-15-2-1-9-29-15/h1-4,9-10H,5-8,11-12H2,(H,25,27)(H,26,28)/t19-/m0/s1. The van der Waals surface area contributed by atoms with Crippen molar-refractivity contribution >= 4 is 11.8 Å². The number of alkyl halides is 3. The summed E-state index contributed by atoms with van der Waals surface area (Å²) in [6, 6.07) is 5.59. The highest BCUT2D eigenvalue weighted by Crippen LogP contribution is 2.31. The Balaban J connectivity index is 1.58. The predicted molar refractivity (Wildman–Crippen MR) is 95.0 cm³/mol. The third kappa shape index (κ3) is 5.36. The van der Waals surface area contributed by atoms with Crippen LogP contribution >= 0.6 is 0 Å². The van der Waals surface area contributed by atoms with Gasteiger partial charge in [-0.25, -0.2) is 4.39 Å². The van der Waals surface area contributed by atoms with Gasteiger partial charge in [0.2, 0.25) is 11.8 Å². The maximum atomic E-state index is 13.8. The molecule has 2 N–H and O–H groups in total. The van der Waals surface area contributed by atoms with Crippen molar-refractivity contribution in [3.8, 4) is 0 Å². The summed E-state index contributed by atoms with van der Waals surface area (Å²) < 4.78 is 57.4. The van der Waals surface area contributed by atoms with E-state index in [1.165, 1.54) is 6.26 Å². The van der Waals surface area contributed by atoms with Crippen LogP contribution in [0.5, 0.6) is 0 Å². The molecule has 1 aliphatic heterocycles. The number of furan rings is 1. The first-order valence-electron chi connectivity index (χ1n) is 9.13. The van der Waals surface area contributed by atoms with Crippen LogP contribution in [0.15, 0.2) is 41.0 Å². The zero-order valence-electron chi connectivity index (χ0n) is 15.4. The van der Waals surface area contributed by atoms with Crippen molar-refractivity contribution in [1.29, 1.82) is 0 Å². The van der Waals surface area contributed by atoms with Crippen LogP contribution in [-0.4, -0.2) is 17.4 Å². The zero-order valence-corrected chi connectivity index (χ0v) is 15.4. The number of carbonyl (C=O) groups excluding carboxylic acids is 2. The van der Waals surface area contributed by atoms with Crippen LogP contribution in [0.4, 0.5) is 17.6 Å². The lowest BCUT2D eigenvalue weighted by Crippen LogP contribution is -2.44. The molecular formula is C20H20F4N2O3. The lowest BCUT2D eigenvalue weighted by molar-refractivity contribution is -0.137. The molecule has 2 aromatic rings. The van der Waals surface area contributed by atoms with Gasteiger partial charge in [0.15, 0.2) is 0 Å². The van der Waals surface area contributed by atoms with Crippen molar-refractivity contribution in [1.82, 2.24) is 10.6 Å². The van der Waals surface area contributed by atoms with E-state index in [1.807, 2.05) is 0 Å². The predicted octanol–water partition coefficient (Wildman–Crippen LogP) is 3.73. The molecule has 0 radical (unpaired) electrons. The number of halogens is 4. The van der Waals surface area contributed by atoms with Gasteiger partial charge in [0, 0.05) is 36.9 Å². The molecule has 1 aliphatic rings. The normalized spacial score (nSPS) is 19.2. The largest absolute Gasteiger partial charge is 0.469 e. The van der Waals surface area contributed by atoms with E-state index >= 15 is 0 Å². The van der Waals surface area contributed by atoms with Crippen molar-refractivity contribution in [2.75, 3.05) is 0 Å². The molecule has 1 saturated heterocycles. The Labute approximate surface area is 164 Å². The molecule has 2 amide bonds. The molecule has 0 aliphatic carbocycles. The molecule has 1 fully saturated rings. The number of benzene rings is 1. The minimum atomic E-state index is -4.59. The summed E-state index contributed by atoms with van der Waals surface area (Å²) in [4.78, 5) is 23.9. The van der Waals surface area contributed by atoms with Gasteiger partial charge in [-0.2, -0.15) is 13.2 Å². The smallest absolute Gasteiger partial charge is 0.416 e. The highest BCUT2D eigenvalue weighted by atomic mass is 19.4. The Morgan fingerprint density at radius 3 is 2.69 bits per heavy atom. The van der Waals surface area contributed by atoms with Crippen molar-refractivity contribution in [3.05, 3.63) is 59.3 Å². The Bertz CT molecular complexity index is 880. The summed E-state index contributed by atoms with van der Waals surface area (Å²) in [5.41, 5.74) is -1.84. The summed E-state index contributed by atoms with van der Waals surface area (Å²) in [5.74, 6) is -0.695. The molecule has 2 heterocycles. The van der Waals surface area contributed by atoms with Gasteiger partial charge in [-0.3, -0.25) is 9.59 Å². The van der Waals surface area contributed by atoms with Crippen LogP contribution in [0.1, 0.15) is 42.6 Å². The fourth-order valence-electron chi connectivity index (χ4n) is 3.45. The fraction of sp³-hybridized carbons (Fsp3) is 0.400. The third-order valence-electron chi connectivity index (χ3n) is 5.01. The van der Waals surface area contributed by atoms with Gasteiger partial charge < -0.3 is 15.1 Å². The number of nitrogens with one attached hydrogen (secondary N) is 2. The van der Waals surface area contributed by atoms with Crippen LogP contribution in [0.3, 0.4) is 0 Å². The summed E-state index contributed by atoms with van der Waals surface area (Å²) in [7, 11) is 0. The lowest BCUT2D eigenvalue weighted by Gasteiger charge is -2.28. The summed E-state index contributed by atoms with van der Waals surface area (Å²) >= 11 is 0. The first-order valence-corrected chi connectivity index (χ1v) is 9.13. The second-order valence-electron chi connectivity index (χ2n) is 7.17. The quantitative estimate of drug-likeness (QED) is 0.681. The van der Waals surface area contributed by atoms with Crippen LogP contribution in [0.2, 0.25) is 0 Å². The molecule has 156 valence electrons. The first kappa shape index (κ1) is 20.9. The minimum Gasteiger partial charge on any atom is -0.469 e. The molecule has 5 nitrogen and oxygen atoms in total. The Kier molecular flexibility index (Phi) is 5.95. The number of hydrogen-bond donors (Lipinski definition) is 2. The fourth-order valence-corrected chi connectivity index (χ4v) is 3.45. The maximum absolute atomic E-state index is 13.8. The van der Waals surface area contributed by atoms with E-state index in [-0.39, 0.29) is 24.4 Å². The highest BCUT2D eigenvalue weighted by molar-refractivity contribution is 5.80. The van der Waals surface area contributed by atoms with Crippen molar-refractivity contribution in [3.63, 3.8) is 0 Å². The Morgan fingerprint density at radius 1 is 1.28 bits per heavy atom. The van der Waals surface area contributed by atoms with E-state index in [1.54, 1.807) is 12.1 Å². The van der Waals surface area contributed by atoms with Gasteiger partial charge in [-0.1, -0.05) is 0 Å². The minimum absolute atomic E-state index is 0.0293. The monoisotopic (exact) mass is 412 g/mol. The van der Waals surface area contributed by atoms with Crippen LogP contribution in [0.25, 0.3) is 0 Å². The summed E-state index contributed by atoms with van der Waals surface area (Å²) in [6.45, 7) is -0.355. The molecule has 0 saturated carbocycles. The van der Waals surface area contributed by atoms with Crippen molar-refractivity contribution in [2.24, 2.45) is 0 Å². The van der Waals surface area contributed by atoms with Gasteiger partial charge in [0.25, 0.3) is 0 Å². The zero-order chi connectivity index (χ0) is 21.1. The van der Waals surface area contributed by atoms with Crippen LogP contribution in [0, 0.1) is 5.82 Å². The Hall–Kier alpha value is -2.84. The molecule has 1 aromatic carbocycles. The maximum Gasteiger partial charge on any atom is 0.416 e. The third-order valence-corrected chi connectivity index (χ3v) is 5.01. The number of carbonyl (C=O) groups is 2. The summed E-state index contributed by atoms with van der Waals surface area (Å²) in [5, 5.41) is 5.35. The van der Waals surface area contributed by atoms with Crippen LogP contribution < -0.4 is 10.6 Å². The van der Waals surface area contributed by atoms with E-state index in [0.717, 1.165) is 6.07 Å². The van der Waals surface area contributed by atoms with Gasteiger partial charge in [-0.05, 0) is 43.2 Å². The van der Waals surface area contributed by atoms with Gasteiger partial charge >= 0.3 is 6.18 Å². The second-order valence-corrected chi connectivity index (χ2v) is 7.17. The number of hydrogen-bond acceptors (Lipinski definition) is 3. The molecule has 9 heteroatoms. The molecule has 0 bridgehead atoms. The average Bonchev–Trinajstić information content (AvgIpc) is 3.29. The molecule has 1 atom stereocenters. The van der Waals surface area contributed by atoms with E-state index in [4.69, 9.17) is 4.42 Å². The molecule has 1 aromatic heterocycles. The van der Waals surface area contributed by atoms with Crippen LogP contribution in [-0.2, 0) is 28.7 Å². The Morgan fingerprint density at radius 2 is 2.07 bits per heavy atom. The van der Waals surface area contributed by atoms with E-state index < -0.39 is 29.0 Å². The number of amides is 2. The van der Waals surface area contributed by atoms with Crippen molar-refractivity contribution in [2.45, 2.75) is 50.4 Å². The SMILES string of the molecule is O=C(CC[C@@]1(Cc2ccco2)CCC(=O)N1)NCc1cc(C(F)(F)F)ccc1F. The highest BCUT2D eigenvalue weighted by Gasteiger charge is 2.38. The van der Waals surface area contributed by atoms with Crippen molar-refractivity contribution < 1.29 is 31.6 Å². The molecular weight excluding hydrogens is 392 g/mol. The van der Waals surface area contributed by atoms with Gasteiger partial charge in [0.1, 0.15) is 11.6 Å². The van der Waals surface area contributed by atoms with E-state index in [2.05, 4.69) is 10.6 Å². The van der Waals surface area contributed by atoms with E-state index in [0.29, 0.717) is 43.6 Å². The molecule has 0 spiro atoms. The van der Waals surface area contributed by atoms with E-state index in [9.17, 15) is 27.2 Å².